The van der Waals surface area contributed by atoms with E-state index in [-0.39, 0.29) is 23.5 Å². The van der Waals surface area contributed by atoms with Crippen molar-refractivity contribution < 1.29 is 4.79 Å². The van der Waals surface area contributed by atoms with Crippen molar-refractivity contribution in [3.63, 3.8) is 0 Å². The SMILES string of the molecule is O=C(Cn1cc(Br)c(=O)[nH]c1=O)NCc1cnn(-c2ccc(Cl)cc2)c1. The third kappa shape index (κ3) is 4.30. The van der Waals surface area contributed by atoms with Gasteiger partial charge in [0.2, 0.25) is 5.91 Å². The predicted octanol–water partition coefficient (Wildman–Crippen LogP) is 1.45. The van der Waals surface area contributed by atoms with E-state index >= 15 is 0 Å². The van der Waals surface area contributed by atoms with E-state index in [4.69, 9.17) is 11.6 Å². The molecule has 10 heteroatoms. The van der Waals surface area contributed by atoms with Crippen LogP contribution in [0.25, 0.3) is 5.69 Å². The summed E-state index contributed by atoms with van der Waals surface area (Å²) in [5.41, 5.74) is 0.449. The average molecular weight is 439 g/mol. The number of halogens is 2. The Morgan fingerprint density at radius 1 is 1.23 bits per heavy atom. The van der Waals surface area contributed by atoms with Crippen LogP contribution in [0.15, 0.2) is 56.9 Å². The molecular weight excluding hydrogens is 426 g/mol. The molecule has 0 aliphatic carbocycles. The summed E-state index contributed by atoms with van der Waals surface area (Å²) < 4.78 is 2.95. The Morgan fingerprint density at radius 3 is 2.69 bits per heavy atom. The number of aromatic nitrogens is 4. The van der Waals surface area contributed by atoms with Gasteiger partial charge in [-0.25, -0.2) is 9.48 Å². The number of amides is 1. The van der Waals surface area contributed by atoms with Crippen LogP contribution in [0.3, 0.4) is 0 Å². The van der Waals surface area contributed by atoms with Gasteiger partial charge in [0.1, 0.15) is 6.54 Å². The molecule has 0 radical (unpaired) electrons. The molecule has 1 amide bonds. The van der Waals surface area contributed by atoms with Gasteiger partial charge in [-0.3, -0.25) is 19.1 Å². The summed E-state index contributed by atoms with van der Waals surface area (Å²) >= 11 is 8.88. The highest BCUT2D eigenvalue weighted by Gasteiger charge is 2.08. The normalized spacial score (nSPS) is 10.7. The number of hydrogen-bond donors (Lipinski definition) is 2. The van der Waals surface area contributed by atoms with Gasteiger partial charge in [-0.05, 0) is 40.2 Å². The topological polar surface area (TPSA) is 102 Å². The Bertz CT molecular complexity index is 1050. The first kappa shape index (κ1) is 18.2. The van der Waals surface area contributed by atoms with Crippen LogP contribution < -0.4 is 16.6 Å². The van der Waals surface area contributed by atoms with E-state index in [1.54, 1.807) is 29.2 Å². The Kier molecular flexibility index (Phi) is 5.38. The van der Waals surface area contributed by atoms with Crippen molar-refractivity contribution in [1.29, 1.82) is 0 Å². The minimum atomic E-state index is -0.649. The smallest absolute Gasteiger partial charge is 0.328 e. The Labute approximate surface area is 160 Å². The van der Waals surface area contributed by atoms with E-state index in [0.29, 0.717) is 5.02 Å². The third-order valence-electron chi connectivity index (χ3n) is 3.50. The van der Waals surface area contributed by atoms with E-state index in [1.807, 2.05) is 12.1 Å². The number of nitrogens with zero attached hydrogens (tertiary/aromatic N) is 3. The molecule has 3 rings (SSSR count). The van der Waals surface area contributed by atoms with Crippen LogP contribution >= 0.6 is 27.5 Å². The summed E-state index contributed by atoms with van der Waals surface area (Å²) in [5.74, 6) is -0.370. The lowest BCUT2D eigenvalue weighted by Gasteiger charge is -2.06. The number of carbonyl (C=O) groups is 1. The number of hydrogen-bond acceptors (Lipinski definition) is 4. The van der Waals surface area contributed by atoms with Gasteiger partial charge >= 0.3 is 5.69 Å². The van der Waals surface area contributed by atoms with Crippen LogP contribution in [0.5, 0.6) is 0 Å². The highest BCUT2D eigenvalue weighted by atomic mass is 79.9. The lowest BCUT2D eigenvalue weighted by Crippen LogP contribution is -2.35. The molecule has 3 aromatic rings. The molecule has 0 aliphatic rings. The summed E-state index contributed by atoms with van der Waals surface area (Å²) in [7, 11) is 0. The molecular formula is C16H13BrClN5O3. The van der Waals surface area contributed by atoms with Crippen LogP contribution in [-0.4, -0.2) is 25.2 Å². The highest BCUT2D eigenvalue weighted by molar-refractivity contribution is 9.10. The molecule has 0 bridgehead atoms. The fourth-order valence-corrected chi connectivity index (χ4v) is 2.67. The van der Waals surface area contributed by atoms with Crippen LogP contribution in [0.1, 0.15) is 5.56 Å². The maximum absolute atomic E-state index is 12.0. The summed E-state index contributed by atoms with van der Waals surface area (Å²) in [4.78, 5) is 37.1. The van der Waals surface area contributed by atoms with Crippen molar-refractivity contribution in [2.75, 3.05) is 0 Å². The van der Waals surface area contributed by atoms with E-state index in [1.165, 1.54) is 6.20 Å². The van der Waals surface area contributed by atoms with Crippen LogP contribution in [0, 0.1) is 0 Å². The first-order chi connectivity index (χ1) is 12.4. The molecule has 0 saturated carbocycles. The molecule has 2 heterocycles. The van der Waals surface area contributed by atoms with Crippen LogP contribution in [0.4, 0.5) is 0 Å². The standard InChI is InChI=1S/C16H13BrClN5O3/c17-13-8-22(16(26)21-15(13)25)9-14(24)19-5-10-6-20-23(7-10)12-3-1-11(18)2-4-12/h1-4,6-8H,5,9H2,(H,19,24)(H,21,25,26). The molecule has 0 aliphatic heterocycles. The lowest BCUT2D eigenvalue weighted by atomic mass is 10.3. The van der Waals surface area contributed by atoms with Crippen LogP contribution in [-0.2, 0) is 17.9 Å². The zero-order chi connectivity index (χ0) is 18.7. The molecule has 0 saturated heterocycles. The summed E-state index contributed by atoms with van der Waals surface area (Å²) in [6.07, 6.45) is 4.70. The largest absolute Gasteiger partial charge is 0.350 e. The second-order valence-electron chi connectivity index (χ2n) is 5.41. The van der Waals surface area contributed by atoms with Gasteiger partial charge in [0.25, 0.3) is 5.56 Å². The molecule has 2 aromatic heterocycles. The summed E-state index contributed by atoms with van der Waals surface area (Å²) in [6.45, 7) is 0.0469. The summed E-state index contributed by atoms with van der Waals surface area (Å²) in [6, 6.07) is 7.19. The van der Waals surface area contributed by atoms with Crippen molar-refractivity contribution in [1.82, 2.24) is 24.6 Å². The molecule has 1 aromatic carbocycles. The third-order valence-corrected chi connectivity index (χ3v) is 4.32. The second-order valence-corrected chi connectivity index (χ2v) is 6.70. The highest BCUT2D eigenvalue weighted by Crippen LogP contribution is 2.13. The average Bonchev–Trinajstić information content (AvgIpc) is 3.07. The van der Waals surface area contributed by atoms with Gasteiger partial charge < -0.3 is 5.32 Å². The Morgan fingerprint density at radius 2 is 1.96 bits per heavy atom. The monoisotopic (exact) mass is 437 g/mol. The van der Waals surface area contributed by atoms with Gasteiger partial charge in [-0.2, -0.15) is 5.10 Å². The molecule has 2 N–H and O–H groups in total. The van der Waals surface area contributed by atoms with Gasteiger partial charge in [0, 0.05) is 29.5 Å². The Hall–Kier alpha value is -2.65. The first-order valence-corrected chi connectivity index (χ1v) is 8.65. The molecule has 26 heavy (non-hydrogen) atoms. The van der Waals surface area contributed by atoms with Gasteiger partial charge in [-0.15, -0.1) is 0 Å². The maximum Gasteiger partial charge on any atom is 0.328 e. The quantitative estimate of drug-likeness (QED) is 0.629. The van der Waals surface area contributed by atoms with Gasteiger partial charge in [-0.1, -0.05) is 11.6 Å². The molecule has 0 spiro atoms. The summed E-state index contributed by atoms with van der Waals surface area (Å²) in [5, 5.41) is 7.57. The number of rotatable bonds is 5. The second kappa shape index (κ2) is 7.71. The predicted molar refractivity (Wildman–Crippen MR) is 99.4 cm³/mol. The number of H-pyrrole nitrogens is 1. The fourth-order valence-electron chi connectivity index (χ4n) is 2.20. The fraction of sp³-hybridized carbons (Fsp3) is 0.125. The number of nitrogens with one attached hydrogen (secondary N) is 2. The minimum absolute atomic E-state index is 0.175. The van der Waals surface area contributed by atoms with Crippen molar-refractivity contribution in [3.8, 4) is 5.69 Å². The molecule has 0 unspecified atom stereocenters. The van der Waals surface area contributed by atoms with Crippen molar-refractivity contribution in [3.05, 3.63) is 78.8 Å². The molecule has 8 nitrogen and oxygen atoms in total. The number of aromatic amines is 1. The van der Waals surface area contributed by atoms with Gasteiger partial charge in [0.05, 0.1) is 16.4 Å². The van der Waals surface area contributed by atoms with E-state index in [2.05, 4.69) is 31.3 Å². The van der Waals surface area contributed by atoms with Crippen molar-refractivity contribution in [2.45, 2.75) is 13.1 Å². The molecule has 0 fully saturated rings. The van der Waals surface area contributed by atoms with E-state index in [0.717, 1.165) is 15.8 Å². The lowest BCUT2D eigenvalue weighted by molar-refractivity contribution is -0.121. The minimum Gasteiger partial charge on any atom is -0.350 e. The van der Waals surface area contributed by atoms with E-state index in [9.17, 15) is 14.4 Å². The van der Waals surface area contributed by atoms with E-state index < -0.39 is 11.2 Å². The Balaban J connectivity index is 1.62. The zero-order valence-electron chi connectivity index (χ0n) is 13.3. The number of carbonyl (C=O) groups excluding carboxylic acids is 1. The van der Waals surface area contributed by atoms with Crippen molar-refractivity contribution in [2.24, 2.45) is 0 Å². The first-order valence-electron chi connectivity index (χ1n) is 7.48. The van der Waals surface area contributed by atoms with Crippen LogP contribution in [0.2, 0.25) is 5.02 Å². The molecule has 0 atom stereocenters. The van der Waals surface area contributed by atoms with Gasteiger partial charge in [0.15, 0.2) is 0 Å². The van der Waals surface area contributed by atoms with Crippen molar-refractivity contribution >= 4 is 33.4 Å². The zero-order valence-corrected chi connectivity index (χ0v) is 15.6. The number of benzene rings is 1. The molecule has 134 valence electrons. The maximum atomic E-state index is 12.0.